The summed E-state index contributed by atoms with van der Waals surface area (Å²) in [6.45, 7) is 1.53. The lowest BCUT2D eigenvalue weighted by atomic mass is 9.96. The maximum atomic E-state index is 12.7. The fourth-order valence-corrected chi connectivity index (χ4v) is 4.61. The molecule has 2 aliphatic heterocycles. The molecule has 2 atom stereocenters. The molecule has 8 nitrogen and oxygen atoms in total. The van der Waals surface area contributed by atoms with Gasteiger partial charge in [-0.2, -0.15) is 0 Å². The largest absolute Gasteiger partial charge is 0.398 e. The van der Waals surface area contributed by atoms with Gasteiger partial charge < -0.3 is 21.7 Å². The highest BCUT2D eigenvalue weighted by atomic mass is 16.2. The fraction of sp³-hybridized carbons (Fsp3) is 0.364. The van der Waals surface area contributed by atoms with E-state index in [2.05, 4.69) is 15.2 Å². The van der Waals surface area contributed by atoms with Crippen LogP contribution in [0.25, 0.3) is 0 Å². The number of fused-ring (bicyclic) bond motifs is 2. The molecule has 8 heteroatoms. The third-order valence-electron chi connectivity index (χ3n) is 6.07. The van der Waals surface area contributed by atoms with E-state index in [1.165, 1.54) is 19.1 Å². The lowest BCUT2D eigenvalue weighted by molar-refractivity contribution is 0.0924. The number of anilines is 2. The number of hydrogen-bond acceptors (Lipinski definition) is 6. The van der Waals surface area contributed by atoms with Gasteiger partial charge in [0.15, 0.2) is 5.78 Å². The van der Waals surface area contributed by atoms with Crippen molar-refractivity contribution in [2.75, 3.05) is 10.6 Å². The fourth-order valence-electron chi connectivity index (χ4n) is 4.61. The van der Waals surface area contributed by atoms with Gasteiger partial charge in [0.25, 0.3) is 11.8 Å². The van der Waals surface area contributed by atoms with Gasteiger partial charge in [0, 0.05) is 41.1 Å². The molecule has 3 heterocycles. The molecule has 1 aromatic carbocycles. The number of rotatable bonds is 5. The van der Waals surface area contributed by atoms with Crippen LogP contribution in [0.4, 0.5) is 11.5 Å². The maximum absolute atomic E-state index is 12.7. The Bertz CT molecular complexity index is 990. The average Bonchev–Trinajstić information content (AvgIpc) is 2.98. The molecule has 5 N–H and O–H groups in total. The Labute approximate surface area is 174 Å². The topological polar surface area (TPSA) is 131 Å². The van der Waals surface area contributed by atoms with Crippen molar-refractivity contribution >= 4 is 29.1 Å². The lowest BCUT2D eigenvalue weighted by Crippen LogP contribution is -2.50. The van der Waals surface area contributed by atoms with Crippen LogP contribution in [0, 0.1) is 0 Å². The van der Waals surface area contributed by atoms with Crippen LogP contribution in [-0.4, -0.2) is 40.7 Å². The molecular formula is C22H25N5O3. The zero-order valence-corrected chi connectivity index (χ0v) is 16.8. The van der Waals surface area contributed by atoms with Gasteiger partial charge in [0.2, 0.25) is 0 Å². The van der Waals surface area contributed by atoms with Crippen LogP contribution in [0.15, 0.2) is 36.5 Å². The number of benzene rings is 1. The predicted octanol–water partition coefficient (Wildman–Crippen LogP) is 1.90. The van der Waals surface area contributed by atoms with Gasteiger partial charge >= 0.3 is 0 Å². The molecule has 2 amide bonds. The Morgan fingerprint density at radius 2 is 1.73 bits per heavy atom. The van der Waals surface area contributed by atoms with E-state index >= 15 is 0 Å². The maximum Gasteiger partial charge on any atom is 0.251 e. The first-order valence-electron chi connectivity index (χ1n) is 10.1. The molecule has 1 aromatic heterocycles. The summed E-state index contributed by atoms with van der Waals surface area (Å²) < 4.78 is 0. The van der Waals surface area contributed by atoms with Crippen molar-refractivity contribution in [1.82, 2.24) is 10.3 Å². The summed E-state index contributed by atoms with van der Waals surface area (Å²) in [7, 11) is 0. The molecule has 0 aliphatic carbocycles. The SMILES string of the molecule is CC(=O)c1ccc(N2C3CCC2CC(NC(=O)c2ccc(C(N)=O)c(N)c2)C3)nc1. The molecule has 0 saturated carbocycles. The molecule has 30 heavy (non-hydrogen) atoms. The number of nitrogens with two attached hydrogens (primary N) is 2. The van der Waals surface area contributed by atoms with Crippen molar-refractivity contribution in [3.63, 3.8) is 0 Å². The molecule has 2 unspecified atom stereocenters. The number of amides is 2. The van der Waals surface area contributed by atoms with E-state index in [1.807, 2.05) is 12.1 Å². The third-order valence-corrected chi connectivity index (χ3v) is 6.07. The molecule has 0 spiro atoms. The number of ketones is 1. The number of primary amides is 1. The molecule has 2 aliphatic rings. The highest BCUT2D eigenvalue weighted by molar-refractivity contribution is 6.01. The van der Waals surface area contributed by atoms with Crippen molar-refractivity contribution in [3.05, 3.63) is 53.2 Å². The van der Waals surface area contributed by atoms with Crippen molar-refractivity contribution in [2.24, 2.45) is 5.73 Å². The molecule has 2 saturated heterocycles. The molecular weight excluding hydrogens is 382 g/mol. The predicted molar refractivity (Wildman–Crippen MR) is 113 cm³/mol. The summed E-state index contributed by atoms with van der Waals surface area (Å²) in [6.07, 6.45) is 5.38. The number of hydrogen-bond donors (Lipinski definition) is 3. The molecule has 156 valence electrons. The normalized spacial score (nSPS) is 22.6. The van der Waals surface area contributed by atoms with Crippen molar-refractivity contribution in [1.29, 1.82) is 0 Å². The number of piperidine rings is 1. The zero-order valence-electron chi connectivity index (χ0n) is 16.8. The van der Waals surface area contributed by atoms with Crippen molar-refractivity contribution < 1.29 is 14.4 Å². The number of pyridine rings is 1. The Balaban J connectivity index is 1.43. The van der Waals surface area contributed by atoms with Gasteiger partial charge in [-0.1, -0.05) is 0 Å². The summed E-state index contributed by atoms with van der Waals surface area (Å²) in [6, 6.07) is 8.91. The molecule has 2 aromatic rings. The minimum Gasteiger partial charge on any atom is -0.398 e. The number of nitrogen functional groups attached to an aromatic ring is 1. The number of carbonyl (C=O) groups is 3. The van der Waals surface area contributed by atoms with Gasteiger partial charge in [-0.25, -0.2) is 4.98 Å². The molecule has 2 fully saturated rings. The highest BCUT2D eigenvalue weighted by Crippen LogP contribution is 2.38. The first-order chi connectivity index (χ1) is 14.3. The second kappa shape index (κ2) is 7.78. The van der Waals surface area contributed by atoms with E-state index in [4.69, 9.17) is 11.5 Å². The number of nitrogens with one attached hydrogen (secondary N) is 1. The summed E-state index contributed by atoms with van der Waals surface area (Å²) in [5.41, 5.74) is 12.5. The monoisotopic (exact) mass is 407 g/mol. The Kier molecular flexibility index (Phi) is 5.15. The van der Waals surface area contributed by atoms with E-state index in [1.54, 1.807) is 12.3 Å². The second-order valence-electron chi connectivity index (χ2n) is 8.06. The van der Waals surface area contributed by atoms with Gasteiger partial charge in [-0.3, -0.25) is 14.4 Å². The summed E-state index contributed by atoms with van der Waals surface area (Å²) >= 11 is 0. The summed E-state index contributed by atoms with van der Waals surface area (Å²) in [5.74, 6) is 0.0582. The smallest absolute Gasteiger partial charge is 0.251 e. The van der Waals surface area contributed by atoms with Crippen LogP contribution in [-0.2, 0) is 0 Å². The second-order valence-corrected chi connectivity index (χ2v) is 8.06. The van der Waals surface area contributed by atoms with Crippen LogP contribution in [0.3, 0.4) is 0 Å². The third kappa shape index (κ3) is 3.72. The average molecular weight is 407 g/mol. The molecule has 4 rings (SSSR count). The Hall–Kier alpha value is -3.42. The Morgan fingerprint density at radius 3 is 2.27 bits per heavy atom. The molecule has 0 radical (unpaired) electrons. The van der Waals surface area contributed by atoms with Crippen LogP contribution in [0.1, 0.15) is 63.7 Å². The van der Waals surface area contributed by atoms with E-state index in [-0.39, 0.29) is 29.0 Å². The van der Waals surface area contributed by atoms with Crippen molar-refractivity contribution in [3.8, 4) is 0 Å². The number of Topliss-reactive ketones (excluding diaryl/α,β-unsaturated/α-hetero) is 1. The summed E-state index contributed by atoms with van der Waals surface area (Å²) in [4.78, 5) is 42.3. The minimum absolute atomic E-state index is 0.00272. The number of aromatic nitrogens is 1. The van der Waals surface area contributed by atoms with Crippen molar-refractivity contribution in [2.45, 2.75) is 50.7 Å². The number of carbonyl (C=O) groups excluding carboxylic acids is 3. The lowest BCUT2D eigenvalue weighted by Gasteiger charge is -2.40. The van der Waals surface area contributed by atoms with Crippen LogP contribution < -0.4 is 21.7 Å². The van der Waals surface area contributed by atoms with E-state index in [9.17, 15) is 14.4 Å². The molecule has 2 bridgehead atoms. The van der Waals surface area contributed by atoms with Gasteiger partial charge in [-0.05, 0) is 62.9 Å². The van der Waals surface area contributed by atoms with Crippen LogP contribution >= 0.6 is 0 Å². The van der Waals surface area contributed by atoms with E-state index < -0.39 is 5.91 Å². The zero-order chi connectivity index (χ0) is 21.4. The first kappa shape index (κ1) is 19.9. The van der Waals surface area contributed by atoms with Crippen LogP contribution in [0.5, 0.6) is 0 Å². The minimum atomic E-state index is -0.617. The van der Waals surface area contributed by atoms with Gasteiger partial charge in [-0.15, -0.1) is 0 Å². The van der Waals surface area contributed by atoms with Gasteiger partial charge in [0.05, 0.1) is 5.56 Å². The van der Waals surface area contributed by atoms with E-state index in [0.717, 1.165) is 31.5 Å². The first-order valence-corrected chi connectivity index (χ1v) is 10.1. The highest BCUT2D eigenvalue weighted by Gasteiger charge is 2.41. The van der Waals surface area contributed by atoms with Gasteiger partial charge in [0.1, 0.15) is 5.82 Å². The quantitative estimate of drug-likeness (QED) is 0.512. The standard InChI is InChI=1S/C22H25N5O3/c1-12(28)14-3-7-20(25-11-14)27-16-4-5-17(27)10-15(9-16)26-22(30)13-2-6-18(21(24)29)19(23)8-13/h2-3,6-8,11,15-17H,4-5,9-10,23H2,1H3,(H2,24,29)(H,26,30). The van der Waals surface area contributed by atoms with Crippen LogP contribution in [0.2, 0.25) is 0 Å². The number of nitrogens with zero attached hydrogens (tertiary/aromatic N) is 2. The summed E-state index contributed by atoms with van der Waals surface area (Å²) in [5, 5.41) is 3.11. The van der Waals surface area contributed by atoms with E-state index in [0.29, 0.717) is 23.2 Å². The Morgan fingerprint density at radius 1 is 1.07 bits per heavy atom.